The average molecular weight is 268 g/mol. The van der Waals surface area contributed by atoms with Crippen molar-refractivity contribution in [2.24, 2.45) is 0 Å². The van der Waals surface area contributed by atoms with Gasteiger partial charge in [-0.2, -0.15) is 13.2 Å². The zero-order valence-electron chi connectivity index (χ0n) is 10.6. The fourth-order valence-electron chi connectivity index (χ4n) is 1.03. The highest BCUT2D eigenvalue weighted by molar-refractivity contribution is 5.81. The van der Waals surface area contributed by atoms with Crippen LogP contribution in [0.5, 0.6) is 0 Å². The molecule has 0 heterocycles. The number of alkyl halides is 3. The van der Waals surface area contributed by atoms with Crippen molar-refractivity contribution in [2.75, 3.05) is 26.3 Å². The largest absolute Gasteiger partial charge is 0.405 e. The average Bonchev–Trinajstić information content (AvgIpc) is 2.23. The van der Waals surface area contributed by atoms with Gasteiger partial charge in [-0.15, -0.1) is 0 Å². The minimum atomic E-state index is -4.39. The van der Waals surface area contributed by atoms with E-state index in [1.54, 1.807) is 5.32 Å². The standard InChI is InChI=1S/C11H19F3N2O2/c1-8(2)6-18-5-4-15-9(3)10(17)16-7-11(12,13)14/h9,15H,1,4-7H2,2-3H3,(H,16,17). The van der Waals surface area contributed by atoms with Crippen LogP contribution in [-0.4, -0.2) is 44.4 Å². The van der Waals surface area contributed by atoms with Crippen LogP contribution in [0, 0.1) is 0 Å². The number of nitrogens with one attached hydrogen (secondary N) is 2. The summed E-state index contributed by atoms with van der Waals surface area (Å²) in [5, 5.41) is 4.56. The number of carbonyl (C=O) groups is 1. The van der Waals surface area contributed by atoms with E-state index in [-0.39, 0.29) is 0 Å². The first kappa shape index (κ1) is 16.9. The Morgan fingerprint density at radius 2 is 2.06 bits per heavy atom. The van der Waals surface area contributed by atoms with Crippen LogP contribution in [0.25, 0.3) is 0 Å². The van der Waals surface area contributed by atoms with E-state index in [2.05, 4.69) is 11.9 Å². The molecule has 0 fully saturated rings. The molecule has 1 atom stereocenters. The SMILES string of the molecule is C=C(C)COCCNC(C)C(=O)NCC(F)(F)F. The highest BCUT2D eigenvalue weighted by Gasteiger charge is 2.28. The Morgan fingerprint density at radius 1 is 1.44 bits per heavy atom. The number of hydrogen-bond acceptors (Lipinski definition) is 3. The molecule has 1 unspecified atom stereocenters. The maximum Gasteiger partial charge on any atom is 0.405 e. The number of hydrogen-bond donors (Lipinski definition) is 2. The van der Waals surface area contributed by atoms with Crippen LogP contribution in [0.2, 0.25) is 0 Å². The van der Waals surface area contributed by atoms with Gasteiger partial charge in [0, 0.05) is 6.54 Å². The third kappa shape index (κ3) is 10.1. The zero-order valence-corrected chi connectivity index (χ0v) is 10.6. The number of rotatable bonds is 8. The fourth-order valence-corrected chi connectivity index (χ4v) is 1.03. The van der Waals surface area contributed by atoms with Crippen LogP contribution in [-0.2, 0) is 9.53 Å². The van der Waals surface area contributed by atoms with Gasteiger partial charge in [0.15, 0.2) is 0 Å². The Labute approximate surface area is 105 Å². The molecule has 0 spiro atoms. The van der Waals surface area contributed by atoms with Crippen molar-refractivity contribution >= 4 is 5.91 Å². The first-order valence-electron chi connectivity index (χ1n) is 5.52. The number of amides is 1. The van der Waals surface area contributed by atoms with Crippen LogP contribution in [0.3, 0.4) is 0 Å². The Morgan fingerprint density at radius 3 is 2.56 bits per heavy atom. The Hall–Kier alpha value is -1.08. The lowest BCUT2D eigenvalue weighted by Gasteiger charge is -2.15. The van der Waals surface area contributed by atoms with Gasteiger partial charge in [-0.3, -0.25) is 4.79 Å². The molecule has 18 heavy (non-hydrogen) atoms. The van der Waals surface area contributed by atoms with Crippen molar-refractivity contribution in [3.63, 3.8) is 0 Å². The molecular weight excluding hydrogens is 249 g/mol. The number of halogens is 3. The van der Waals surface area contributed by atoms with Crippen LogP contribution < -0.4 is 10.6 Å². The molecule has 0 rings (SSSR count). The van der Waals surface area contributed by atoms with E-state index in [1.807, 2.05) is 6.92 Å². The van der Waals surface area contributed by atoms with Crippen LogP contribution in [0.4, 0.5) is 13.2 Å². The monoisotopic (exact) mass is 268 g/mol. The molecule has 0 bridgehead atoms. The maximum absolute atomic E-state index is 11.8. The Kier molecular flexibility index (Phi) is 7.61. The molecule has 0 aromatic carbocycles. The summed E-state index contributed by atoms with van der Waals surface area (Å²) in [6.45, 7) is 6.82. The summed E-state index contributed by atoms with van der Waals surface area (Å²) in [5.74, 6) is -0.688. The van der Waals surface area contributed by atoms with Crippen molar-refractivity contribution in [1.82, 2.24) is 10.6 Å². The lowest BCUT2D eigenvalue weighted by molar-refractivity contribution is -0.139. The van der Waals surface area contributed by atoms with Gasteiger partial charge in [-0.25, -0.2) is 0 Å². The van der Waals surface area contributed by atoms with E-state index >= 15 is 0 Å². The van der Waals surface area contributed by atoms with E-state index in [1.165, 1.54) is 6.92 Å². The molecule has 0 radical (unpaired) electrons. The van der Waals surface area contributed by atoms with Gasteiger partial charge in [0.1, 0.15) is 6.54 Å². The topological polar surface area (TPSA) is 50.4 Å². The van der Waals surface area contributed by atoms with E-state index in [9.17, 15) is 18.0 Å². The van der Waals surface area contributed by atoms with Gasteiger partial charge in [0.05, 0.1) is 19.3 Å². The molecule has 0 aromatic rings. The molecule has 0 aliphatic rings. The molecule has 1 amide bonds. The molecule has 0 aliphatic carbocycles. The van der Waals surface area contributed by atoms with Gasteiger partial charge in [0.2, 0.25) is 5.91 Å². The lowest BCUT2D eigenvalue weighted by Crippen LogP contribution is -2.46. The minimum Gasteiger partial charge on any atom is -0.376 e. The zero-order chi connectivity index (χ0) is 14.2. The summed E-state index contributed by atoms with van der Waals surface area (Å²) in [7, 11) is 0. The van der Waals surface area contributed by atoms with Gasteiger partial charge < -0.3 is 15.4 Å². The van der Waals surface area contributed by atoms with Crippen molar-refractivity contribution in [2.45, 2.75) is 26.1 Å². The fraction of sp³-hybridized carbons (Fsp3) is 0.727. The van der Waals surface area contributed by atoms with Crippen LogP contribution in [0.1, 0.15) is 13.8 Å². The van der Waals surface area contributed by atoms with Crippen LogP contribution >= 0.6 is 0 Å². The molecule has 0 aliphatic heterocycles. The van der Waals surface area contributed by atoms with E-state index in [0.29, 0.717) is 19.8 Å². The van der Waals surface area contributed by atoms with Gasteiger partial charge in [-0.1, -0.05) is 12.2 Å². The third-order valence-corrected chi connectivity index (χ3v) is 1.90. The Balaban J connectivity index is 3.65. The minimum absolute atomic E-state index is 0.365. The summed E-state index contributed by atoms with van der Waals surface area (Å²) >= 11 is 0. The second-order valence-corrected chi connectivity index (χ2v) is 4.02. The molecule has 2 N–H and O–H groups in total. The quantitative estimate of drug-likeness (QED) is 0.514. The van der Waals surface area contributed by atoms with Crippen molar-refractivity contribution < 1.29 is 22.7 Å². The molecule has 0 saturated carbocycles. The van der Waals surface area contributed by atoms with Crippen molar-refractivity contribution in [3.8, 4) is 0 Å². The number of carbonyl (C=O) groups excluding carboxylic acids is 1. The molecule has 0 aromatic heterocycles. The first-order valence-corrected chi connectivity index (χ1v) is 5.52. The van der Waals surface area contributed by atoms with E-state index < -0.39 is 24.7 Å². The molecule has 0 saturated heterocycles. The van der Waals surface area contributed by atoms with Gasteiger partial charge in [-0.05, 0) is 13.8 Å². The van der Waals surface area contributed by atoms with Crippen molar-refractivity contribution in [1.29, 1.82) is 0 Å². The molecule has 4 nitrogen and oxygen atoms in total. The summed E-state index contributed by atoms with van der Waals surface area (Å²) in [6, 6.07) is -0.694. The predicted octanol–water partition coefficient (Wildman–Crippen LogP) is 1.24. The third-order valence-electron chi connectivity index (χ3n) is 1.90. The van der Waals surface area contributed by atoms with E-state index in [0.717, 1.165) is 5.57 Å². The predicted molar refractivity (Wildman–Crippen MR) is 62.2 cm³/mol. The van der Waals surface area contributed by atoms with Gasteiger partial charge in [0.25, 0.3) is 0 Å². The summed E-state index contributed by atoms with van der Waals surface area (Å²) < 4.78 is 40.7. The second kappa shape index (κ2) is 8.10. The van der Waals surface area contributed by atoms with Gasteiger partial charge >= 0.3 is 6.18 Å². The lowest BCUT2D eigenvalue weighted by atomic mass is 10.3. The summed E-state index contributed by atoms with van der Waals surface area (Å²) in [6.07, 6.45) is -4.39. The highest BCUT2D eigenvalue weighted by atomic mass is 19.4. The number of ether oxygens (including phenoxy) is 1. The molecular formula is C11H19F3N2O2. The van der Waals surface area contributed by atoms with Crippen molar-refractivity contribution in [3.05, 3.63) is 12.2 Å². The first-order chi connectivity index (χ1) is 8.22. The van der Waals surface area contributed by atoms with Crippen LogP contribution in [0.15, 0.2) is 12.2 Å². The summed E-state index contributed by atoms with van der Waals surface area (Å²) in [5.41, 5.74) is 0.881. The maximum atomic E-state index is 11.8. The van der Waals surface area contributed by atoms with E-state index in [4.69, 9.17) is 4.74 Å². The molecule has 106 valence electrons. The normalized spacial score (nSPS) is 13.2. The molecule has 7 heteroatoms. The second-order valence-electron chi connectivity index (χ2n) is 4.02. The highest BCUT2D eigenvalue weighted by Crippen LogP contribution is 2.12. The summed E-state index contributed by atoms with van der Waals surface area (Å²) in [4.78, 5) is 11.2. The Bertz CT molecular complexity index is 280. The smallest absolute Gasteiger partial charge is 0.376 e.